The summed E-state index contributed by atoms with van der Waals surface area (Å²) in [6.45, 7) is 1.98. The molecule has 0 aliphatic carbocycles. The molecule has 6 heteroatoms. The number of nitrogens with one attached hydrogen (secondary N) is 2. The van der Waals surface area contributed by atoms with Crippen molar-refractivity contribution < 1.29 is 9.53 Å². The number of ether oxygens (including phenoxy) is 1. The highest BCUT2D eigenvalue weighted by molar-refractivity contribution is 6.32. The van der Waals surface area contributed by atoms with Gasteiger partial charge in [-0.1, -0.05) is 17.7 Å². The molecular formula is C13H20ClN3O2. The molecule has 19 heavy (non-hydrogen) atoms. The smallest absolute Gasteiger partial charge is 0.316 e. The molecule has 0 bridgehead atoms. The lowest BCUT2D eigenvalue weighted by atomic mass is 10.2. The van der Waals surface area contributed by atoms with E-state index >= 15 is 0 Å². The zero-order chi connectivity index (χ0) is 14.3. The minimum absolute atomic E-state index is 0.0886. The highest BCUT2D eigenvalue weighted by Crippen LogP contribution is 2.24. The van der Waals surface area contributed by atoms with E-state index in [0.29, 0.717) is 30.4 Å². The topological polar surface area (TPSA) is 53.6 Å². The first-order chi connectivity index (χ1) is 9.04. The zero-order valence-electron chi connectivity index (χ0n) is 11.5. The van der Waals surface area contributed by atoms with Gasteiger partial charge in [0.25, 0.3) is 0 Å². The lowest BCUT2D eigenvalue weighted by molar-refractivity contribution is 0.217. The van der Waals surface area contributed by atoms with Gasteiger partial charge in [0, 0.05) is 33.7 Å². The van der Waals surface area contributed by atoms with Gasteiger partial charge in [-0.15, -0.1) is 0 Å². The molecule has 1 rings (SSSR count). The molecule has 0 radical (unpaired) electrons. The van der Waals surface area contributed by atoms with Crippen LogP contribution in [-0.2, 0) is 6.54 Å². The Morgan fingerprint density at radius 1 is 1.37 bits per heavy atom. The van der Waals surface area contributed by atoms with Crippen molar-refractivity contribution in [1.29, 1.82) is 0 Å². The van der Waals surface area contributed by atoms with Crippen LogP contribution in [0.5, 0.6) is 5.75 Å². The largest absolute Gasteiger partial charge is 0.495 e. The fraction of sp³-hybridized carbons (Fsp3) is 0.462. The third-order valence-corrected chi connectivity index (χ3v) is 2.82. The van der Waals surface area contributed by atoms with E-state index in [2.05, 4.69) is 10.6 Å². The summed E-state index contributed by atoms with van der Waals surface area (Å²) in [4.78, 5) is 12.8. The molecule has 1 aromatic carbocycles. The van der Waals surface area contributed by atoms with Gasteiger partial charge in [-0.25, -0.2) is 4.79 Å². The predicted octanol–water partition coefficient (Wildman–Crippen LogP) is 1.71. The van der Waals surface area contributed by atoms with Gasteiger partial charge in [0.2, 0.25) is 0 Å². The lowest BCUT2D eigenvalue weighted by Crippen LogP contribution is -2.38. The fourth-order valence-corrected chi connectivity index (χ4v) is 1.75. The van der Waals surface area contributed by atoms with Crippen molar-refractivity contribution in [2.24, 2.45) is 0 Å². The van der Waals surface area contributed by atoms with Crippen LogP contribution >= 0.6 is 11.6 Å². The molecule has 0 fully saturated rings. The Labute approximate surface area is 118 Å². The number of hydrogen-bond donors (Lipinski definition) is 2. The Kier molecular flexibility index (Phi) is 6.45. The summed E-state index contributed by atoms with van der Waals surface area (Å²) in [6.07, 6.45) is 0. The number of amides is 2. The average molecular weight is 286 g/mol. The molecule has 0 aliphatic rings. The first kappa shape index (κ1) is 15.6. The Balaban J connectivity index is 2.26. The van der Waals surface area contributed by atoms with Crippen LogP contribution in [0.15, 0.2) is 18.2 Å². The van der Waals surface area contributed by atoms with Crippen LogP contribution in [0.2, 0.25) is 5.02 Å². The second-order valence-electron chi connectivity index (χ2n) is 4.27. The van der Waals surface area contributed by atoms with Crippen molar-refractivity contribution in [2.45, 2.75) is 6.54 Å². The third-order valence-electron chi connectivity index (χ3n) is 2.53. The molecule has 0 spiro atoms. The van der Waals surface area contributed by atoms with Gasteiger partial charge in [-0.05, 0) is 17.7 Å². The van der Waals surface area contributed by atoms with Crippen LogP contribution in [0, 0.1) is 0 Å². The maximum absolute atomic E-state index is 11.2. The first-order valence-corrected chi connectivity index (χ1v) is 6.40. The molecular weight excluding hydrogens is 266 g/mol. The van der Waals surface area contributed by atoms with Crippen LogP contribution in [0.25, 0.3) is 0 Å². The molecule has 2 amide bonds. The monoisotopic (exact) mass is 285 g/mol. The Hall–Kier alpha value is -1.46. The molecule has 0 atom stereocenters. The maximum atomic E-state index is 11.2. The van der Waals surface area contributed by atoms with Gasteiger partial charge in [0.1, 0.15) is 5.75 Å². The van der Waals surface area contributed by atoms with E-state index in [4.69, 9.17) is 16.3 Å². The molecule has 0 saturated heterocycles. The summed E-state index contributed by atoms with van der Waals surface area (Å²) in [5.74, 6) is 0.670. The quantitative estimate of drug-likeness (QED) is 0.783. The number of nitrogens with zero attached hydrogens (tertiary/aromatic N) is 1. The van der Waals surface area contributed by atoms with E-state index in [-0.39, 0.29) is 6.03 Å². The van der Waals surface area contributed by atoms with Crippen molar-refractivity contribution in [2.75, 3.05) is 34.3 Å². The Bertz CT molecular complexity index is 424. The van der Waals surface area contributed by atoms with Crippen molar-refractivity contribution in [3.63, 3.8) is 0 Å². The summed E-state index contributed by atoms with van der Waals surface area (Å²) in [5, 5.41) is 6.60. The molecule has 0 aromatic heterocycles. The summed E-state index contributed by atoms with van der Waals surface area (Å²) in [5.41, 5.74) is 1.07. The van der Waals surface area contributed by atoms with E-state index in [1.807, 2.05) is 18.2 Å². The highest BCUT2D eigenvalue weighted by Gasteiger charge is 2.02. The number of methoxy groups -OCH3 is 1. The molecule has 106 valence electrons. The van der Waals surface area contributed by atoms with E-state index < -0.39 is 0 Å². The molecule has 0 saturated carbocycles. The fourth-order valence-electron chi connectivity index (χ4n) is 1.47. The van der Waals surface area contributed by atoms with Crippen molar-refractivity contribution in [3.05, 3.63) is 28.8 Å². The van der Waals surface area contributed by atoms with Gasteiger partial charge in [-0.2, -0.15) is 0 Å². The number of benzene rings is 1. The summed E-state index contributed by atoms with van der Waals surface area (Å²) >= 11 is 6.03. The van der Waals surface area contributed by atoms with Crippen molar-refractivity contribution in [3.8, 4) is 5.75 Å². The minimum atomic E-state index is -0.0886. The van der Waals surface area contributed by atoms with Crippen LogP contribution in [-0.4, -0.2) is 45.2 Å². The van der Waals surface area contributed by atoms with Crippen LogP contribution in [0.1, 0.15) is 5.56 Å². The van der Waals surface area contributed by atoms with Crippen LogP contribution in [0.4, 0.5) is 4.79 Å². The number of urea groups is 1. The summed E-state index contributed by atoms with van der Waals surface area (Å²) < 4.78 is 5.09. The minimum Gasteiger partial charge on any atom is -0.495 e. The van der Waals surface area contributed by atoms with Gasteiger partial charge in [-0.3, -0.25) is 0 Å². The highest BCUT2D eigenvalue weighted by atomic mass is 35.5. The van der Waals surface area contributed by atoms with E-state index in [9.17, 15) is 4.79 Å². The molecule has 0 heterocycles. The number of rotatable bonds is 6. The van der Waals surface area contributed by atoms with Crippen LogP contribution in [0.3, 0.4) is 0 Å². The Morgan fingerprint density at radius 3 is 2.68 bits per heavy atom. The van der Waals surface area contributed by atoms with Crippen molar-refractivity contribution >= 4 is 17.6 Å². The standard InChI is InChI=1S/C13H20ClN3O2/c1-17(2)13(18)16-7-6-15-9-10-4-5-12(19-3)11(14)8-10/h4-5,8,15H,6-7,9H2,1-3H3,(H,16,18). The first-order valence-electron chi connectivity index (χ1n) is 6.03. The predicted molar refractivity (Wildman–Crippen MR) is 76.8 cm³/mol. The van der Waals surface area contributed by atoms with Crippen molar-refractivity contribution in [1.82, 2.24) is 15.5 Å². The second kappa shape index (κ2) is 7.86. The Morgan fingerprint density at radius 2 is 2.11 bits per heavy atom. The maximum Gasteiger partial charge on any atom is 0.316 e. The summed E-state index contributed by atoms with van der Waals surface area (Å²) in [7, 11) is 5.01. The normalized spacial score (nSPS) is 10.1. The number of carbonyl (C=O) groups is 1. The van der Waals surface area contributed by atoms with E-state index in [0.717, 1.165) is 5.56 Å². The van der Waals surface area contributed by atoms with Gasteiger partial charge in [0.05, 0.1) is 12.1 Å². The molecule has 0 unspecified atom stereocenters. The second-order valence-corrected chi connectivity index (χ2v) is 4.68. The average Bonchev–Trinajstić information content (AvgIpc) is 2.38. The van der Waals surface area contributed by atoms with Gasteiger partial charge < -0.3 is 20.3 Å². The number of carbonyl (C=O) groups excluding carboxylic acids is 1. The third kappa shape index (κ3) is 5.36. The SMILES string of the molecule is COc1ccc(CNCCNC(=O)N(C)C)cc1Cl. The molecule has 2 N–H and O–H groups in total. The lowest BCUT2D eigenvalue weighted by Gasteiger charge is -2.12. The zero-order valence-corrected chi connectivity index (χ0v) is 12.3. The van der Waals surface area contributed by atoms with E-state index in [1.165, 1.54) is 4.90 Å². The molecule has 0 aliphatic heterocycles. The number of halogens is 1. The van der Waals surface area contributed by atoms with Gasteiger partial charge >= 0.3 is 6.03 Å². The summed E-state index contributed by atoms with van der Waals surface area (Å²) in [6, 6.07) is 5.57. The number of hydrogen-bond acceptors (Lipinski definition) is 3. The van der Waals surface area contributed by atoms with Gasteiger partial charge in [0.15, 0.2) is 0 Å². The van der Waals surface area contributed by atoms with E-state index in [1.54, 1.807) is 21.2 Å². The van der Waals surface area contributed by atoms with Crippen LogP contribution < -0.4 is 15.4 Å². The molecule has 5 nitrogen and oxygen atoms in total. The molecule has 1 aromatic rings.